The van der Waals surface area contributed by atoms with Crippen LogP contribution in [0.4, 0.5) is 10.8 Å². The third kappa shape index (κ3) is 4.29. The van der Waals surface area contributed by atoms with Gasteiger partial charge in [0.05, 0.1) is 11.3 Å². The highest BCUT2D eigenvalue weighted by molar-refractivity contribution is 7.15. The molecular weight excluding hydrogens is 350 g/mol. The minimum atomic E-state index is -0.459. The summed E-state index contributed by atoms with van der Waals surface area (Å²) in [6.45, 7) is 3.39. The second kappa shape index (κ2) is 8.14. The van der Waals surface area contributed by atoms with Crippen LogP contribution in [0.3, 0.4) is 0 Å². The van der Waals surface area contributed by atoms with E-state index in [9.17, 15) is 14.7 Å². The standard InChI is InChI=1S/C19H21N3O3S/c1-2-17(24)20-12-9-10-15(23)13(11-12)18(25)22-19-21-14-7-5-3-4-6-8-16(14)26-19/h2,9-11,23H,1,3-8H2,(H,20,24)(H,21,22,25). The molecule has 0 bridgehead atoms. The summed E-state index contributed by atoms with van der Waals surface area (Å²) in [7, 11) is 0. The van der Waals surface area contributed by atoms with Crippen molar-refractivity contribution in [2.45, 2.75) is 38.5 Å². The largest absolute Gasteiger partial charge is 0.507 e. The molecule has 1 aliphatic rings. The number of rotatable bonds is 4. The number of thiazole rings is 1. The Labute approximate surface area is 156 Å². The number of hydrogen-bond acceptors (Lipinski definition) is 5. The van der Waals surface area contributed by atoms with Crippen molar-refractivity contribution >= 4 is 34.0 Å². The van der Waals surface area contributed by atoms with E-state index in [4.69, 9.17) is 0 Å². The first-order chi connectivity index (χ1) is 12.6. The fourth-order valence-corrected chi connectivity index (χ4v) is 3.96. The number of anilines is 2. The Hall–Kier alpha value is -2.67. The molecular formula is C19H21N3O3S. The normalized spacial score (nSPS) is 13.8. The van der Waals surface area contributed by atoms with Gasteiger partial charge in [0.1, 0.15) is 5.75 Å². The van der Waals surface area contributed by atoms with Gasteiger partial charge in [-0.15, -0.1) is 11.3 Å². The molecule has 0 unspecified atom stereocenters. The van der Waals surface area contributed by atoms with Gasteiger partial charge in [0.2, 0.25) is 5.91 Å². The number of hydrogen-bond donors (Lipinski definition) is 3. The van der Waals surface area contributed by atoms with E-state index in [1.165, 1.54) is 47.3 Å². The van der Waals surface area contributed by atoms with Crippen LogP contribution in [0.5, 0.6) is 5.75 Å². The number of phenolic OH excluding ortho intramolecular Hbond substituents is 1. The van der Waals surface area contributed by atoms with Crippen LogP contribution < -0.4 is 10.6 Å². The Balaban J connectivity index is 1.77. The van der Waals surface area contributed by atoms with Crippen LogP contribution in [0.2, 0.25) is 0 Å². The first-order valence-corrected chi connectivity index (χ1v) is 9.45. The van der Waals surface area contributed by atoms with Gasteiger partial charge >= 0.3 is 0 Å². The highest BCUT2D eigenvalue weighted by atomic mass is 32.1. The fraction of sp³-hybridized carbons (Fsp3) is 0.316. The number of benzene rings is 1. The number of nitrogens with one attached hydrogen (secondary N) is 2. The number of aryl methyl sites for hydroxylation is 2. The van der Waals surface area contributed by atoms with E-state index in [0.717, 1.165) is 37.5 Å². The molecule has 6 nitrogen and oxygen atoms in total. The van der Waals surface area contributed by atoms with Crippen LogP contribution in [0, 0.1) is 0 Å². The van der Waals surface area contributed by atoms with E-state index in [-0.39, 0.29) is 17.2 Å². The van der Waals surface area contributed by atoms with Gasteiger partial charge in [0.25, 0.3) is 5.91 Å². The molecule has 0 fully saturated rings. The van der Waals surface area contributed by atoms with Crippen molar-refractivity contribution in [1.82, 2.24) is 4.98 Å². The SMILES string of the molecule is C=CC(=O)Nc1ccc(O)c(C(=O)Nc2nc3c(s2)CCCCCC3)c1. The quantitative estimate of drug-likeness (QED) is 0.562. The number of carbonyl (C=O) groups excluding carboxylic acids is 2. The number of carbonyl (C=O) groups is 2. The lowest BCUT2D eigenvalue weighted by Crippen LogP contribution is -2.13. The van der Waals surface area contributed by atoms with Crippen molar-refractivity contribution in [2.75, 3.05) is 10.6 Å². The number of amides is 2. The molecule has 7 heteroatoms. The van der Waals surface area contributed by atoms with Crippen molar-refractivity contribution in [2.24, 2.45) is 0 Å². The lowest BCUT2D eigenvalue weighted by Gasteiger charge is -2.08. The third-order valence-electron chi connectivity index (χ3n) is 4.26. The Morgan fingerprint density at radius 1 is 1.15 bits per heavy atom. The van der Waals surface area contributed by atoms with Crippen LogP contribution in [0.1, 0.15) is 46.6 Å². The molecule has 0 radical (unpaired) electrons. The molecule has 1 aromatic carbocycles. The van der Waals surface area contributed by atoms with Crippen molar-refractivity contribution in [3.8, 4) is 5.75 Å². The van der Waals surface area contributed by atoms with Gasteiger partial charge in [-0.3, -0.25) is 14.9 Å². The van der Waals surface area contributed by atoms with Crippen LogP contribution in [-0.2, 0) is 17.6 Å². The summed E-state index contributed by atoms with van der Waals surface area (Å²) >= 11 is 1.50. The molecule has 2 aromatic rings. The molecule has 3 N–H and O–H groups in total. The number of phenols is 1. The zero-order valence-corrected chi connectivity index (χ0v) is 15.2. The first kappa shape index (κ1) is 18.1. The molecule has 136 valence electrons. The maximum atomic E-state index is 12.6. The molecule has 26 heavy (non-hydrogen) atoms. The summed E-state index contributed by atoms with van der Waals surface area (Å²) in [5.74, 6) is -1.00. The molecule has 1 heterocycles. The highest BCUT2D eigenvalue weighted by Crippen LogP contribution is 2.29. The molecule has 3 rings (SSSR count). The molecule has 1 aliphatic carbocycles. The van der Waals surface area contributed by atoms with Crippen LogP contribution in [0.25, 0.3) is 0 Å². The van der Waals surface area contributed by atoms with E-state index in [0.29, 0.717) is 10.8 Å². The minimum Gasteiger partial charge on any atom is -0.507 e. The van der Waals surface area contributed by atoms with Crippen molar-refractivity contribution < 1.29 is 14.7 Å². The van der Waals surface area contributed by atoms with Crippen LogP contribution in [0.15, 0.2) is 30.9 Å². The van der Waals surface area contributed by atoms with Gasteiger partial charge in [-0.2, -0.15) is 0 Å². The molecule has 0 saturated carbocycles. The van der Waals surface area contributed by atoms with Crippen LogP contribution >= 0.6 is 11.3 Å². The Morgan fingerprint density at radius 3 is 2.69 bits per heavy atom. The van der Waals surface area contributed by atoms with E-state index >= 15 is 0 Å². The summed E-state index contributed by atoms with van der Waals surface area (Å²) < 4.78 is 0. The smallest absolute Gasteiger partial charge is 0.261 e. The summed E-state index contributed by atoms with van der Waals surface area (Å²) in [4.78, 5) is 29.7. The lowest BCUT2D eigenvalue weighted by molar-refractivity contribution is -0.111. The fourth-order valence-electron chi connectivity index (χ4n) is 2.91. The topological polar surface area (TPSA) is 91.3 Å². The maximum Gasteiger partial charge on any atom is 0.261 e. The average molecular weight is 371 g/mol. The van der Waals surface area contributed by atoms with Gasteiger partial charge in [-0.25, -0.2) is 4.98 Å². The first-order valence-electron chi connectivity index (χ1n) is 8.63. The maximum absolute atomic E-state index is 12.6. The third-order valence-corrected chi connectivity index (χ3v) is 5.33. The lowest BCUT2D eigenvalue weighted by atomic mass is 10.0. The van der Waals surface area contributed by atoms with Crippen molar-refractivity contribution in [1.29, 1.82) is 0 Å². The Kier molecular flexibility index (Phi) is 5.68. The molecule has 2 amide bonds. The second-order valence-corrected chi connectivity index (χ2v) is 7.27. The second-order valence-electron chi connectivity index (χ2n) is 6.18. The zero-order chi connectivity index (χ0) is 18.5. The number of aromatic hydroxyl groups is 1. The van der Waals surface area contributed by atoms with E-state index in [1.807, 2.05) is 0 Å². The van der Waals surface area contributed by atoms with Gasteiger partial charge in [0.15, 0.2) is 5.13 Å². The average Bonchev–Trinajstić information content (AvgIpc) is 2.97. The van der Waals surface area contributed by atoms with Gasteiger partial charge in [-0.1, -0.05) is 19.4 Å². The van der Waals surface area contributed by atoms with Crippen LogP contribution in [-0.4, -0.2) is 21.9 Å². The predicted molar refractivity (Wildman–Crippen MR) is 103 cm³/mol. The molecule has 0 spiro atoms. The summed E-state index contributed by atoms with van der Waals surface area (Å²) in [5.41, 5.74) is 1.56. The number of nitrogens with zero attached hydrogens (tertiary/aromatic N) is 1. The Bertz CT molecular complexity index is 819. The zero-order valence-electron chi connectivity index (χ0n) is 14.4. The Morgan fingerprint density at radius 2 is 1.92 bits per heavy atom. The monoisotopic (exact) mass is 371 g/mol. The van der Waals surface area contributed by atoms with Crippen molar-refractivity contribution in [3.63, 3.8) is 0 Å². The van der Waals surface area contributed by atoms with Gasteiger partial charge < -0.3 is 10.4 Å². The molecule has 1 aromatic heterocycles. The highest BCUT2D eigenvalue weighted by Gasteiger charge is 2.17. The molecule has 0 atom stereocenters. The van der Waals surface area contributed by atoms with E-state index in [1.54, 1.807) is 0 Å². The summed E-state index contributed by atoms with van der Waals surface area (Å²) in [6, 6.07) is 4.31. The van der Waals surface area contributed by atoms with Gasteiger partial charge in [-0.05, 0) is 50.0 Å². The van der Waals surface area contributed by atoms with Crippen molar-refractivity contribution in [3.05, 3.63) is 47.0 Å². The predicted octanol–water partition coefficient (Wildman–Crippen LogP) is 3.88. The molecule has 0 saturated heterocycles. The van der Waals surface area contributed by atoms with E-state index < -0.39 is 5.91 Å². The van der Waals surface area contributed by atoms with Gasteiger partial charge in [0, 0.05) is 10.6 Å². The minimum absolute atomic E-state index is 0.0782. The molecule has 0 aliphatic heterocycles. The summed E-state index contributed by atoms with van der Waals surface area (Å²) in [6.07, 6.45) is 7.79. The van der Waals surface area contributed by atoms with E-state index in [2.05, 4.69) is 22.2 Å². The summed E-state index contributed by atoms with van der Waals surface area (Å²) in [5, 5.41) is 15.9. The number of aromatic nitrogens is 1. The number of fused-ring (bicyclic) bond motifs is 1.